The lowest BCUT2D eigenvalue weighted by Crippen LogP contribution is -2.10. The van der Waals surface area contributed by atoms with Gasteiger partial charge in [-0.1, -0.05) is 50.2 Å². The van der Waals surface area contributed by atoms with Crippen LogP contribution in [0.3, 0.4) is 0 Å². The maximum absolute atomic E-state index is 11.7. The number of pyridine rings is 1. The van der Waals surface area contributed by atoms with Gasteiger partial charge in [-0.25, -0.2) is 4.79 Å². The van der Waals surface area contributed by atoms with E-state index in [9.17, 15) is 4.79 Å². The van der Waals surface area contributed by atoms with E-state index in [0.29, 0.717) is 12.3 Å². The Labute approximate surface area is 160 Å². The molecule has 0 fully saturated rings. The number of rotatable bonds is 11. The molecule has 0 bridgehead atoms. The van der Waals surface area contributed by atoms with Gasteiger partial charge in [0, 0.05) is 23.6 Å². The minimum absolute atomic E-state index is 0.614. The summed E-state index contributed by atoms with van der Waals surface area (Å²) in [4.78, 5) is 20.4. The summed E-state index contributed by atoms with van der Waals surface area (Å²) in [6, 6.07) is 10.8. The summed E-state index contributed by atoms with van der Waals surface area (Å²) >= 11 is 0. The highest BCUT2D eigenvalue weighted by molar-refractivity contribution is 5.85. The first kappa shape index (κ1) is 20.4. The van der Waals surface area contributed by atoms with Crippen LogP contribution in [0.4, 0.5) is 10.5 Å². The van der Waals surface area contributed by atoms with Gasteiger partial charge in [-0.05, 0) is 36.8 Å². The molecule has 1 N–H and O–H groups in total. The average molecular weight is 369 g/mol. The molecule has 27 heavy (non-hydrogen) atoms. The fourth-order valence-electron chi connectivity index (χ4n) is 2.43. The molecule has 1 heterocycles. The monoisotopic (exact) mass is 369 g/mol. The molecule has 1 aromatic carbocycles. The molecular weight excluding hydrogens is 342 g/mol. The quantitative estimate of drug-likeness (QED) is 0.249. The molecule has 0 aliphatic carbocycles. The fourth-order valence-corrected chi connectivity index (χ4v) is 2.43. The minimum Gasteiger partial charge on any atom is -0.494 e. The van der Waals surface area contributed by atoms with E-state index in [-0.39, 0.29) is 0 Å². The van der Waals surface area contributed by atoms with Crippen LogP contribution in [0, 0.1) is 0 Å². The lowest BCUT2D eigenvalue weighted by molar-refractivity contribution is 0.167. The van der Waals surface area contributed by atoms with Gasteiger partial charge in [-0.2, -0.15) is 0 Å². The highest BCUT2D eigenvalue weighted by Crippen LogP contribution is 2.16. The maximum atomic E-state index is 11.7. The molecule has 144 valence electrons. The van der Waals surface area contributed by atoms with Crippen molar-refractivity contribution in [2.24, 2.45) is 5.16 Å². The van der Waals surface area contributed by atoms with Crippen LogP contribution >= 0.6 is 0 Å². The van der Waals surface area contributed by atoms with Crippen LogP contribution < -0.4 is 10.1 Å². The standard InChI is InChI=1S/C21H27N3O3/c1-2-3-4-5-6-7-15-26-20-12-10-19(11-13-20)24-21(25)27-23-17-18-9-8-14-22-16-18/h8-14,16-17H,2-7,15H2,1H3,(H,24,25). The van der Waals surface area contributed by atoms with E-state index >= 15 is 0 Å². The van der Waals surface area contributed by atoms with E-state index in [0.717, 1.165) is 17.7 Å². The van der Waals surface area contributed by atoms with Gasteiger partial charge in [-0.3, -0.25) is 15.1 Å². The second kappa shape index (κ2) is 12.5. The van der Waals surface area contributed by atoms with E-state index in [1.807, 2.05) is 18.2 Å². The number of nitrogens with one attached hydrogen (secondary N) is 1. The zero-order chi connectivity index (χ0) is 19.2. The Morgan fingerprint density at radius 3 is 2.63 bits per heavy atom. The van der Waals surface area contributed by atoms with Gasteiger partial charge in [0.25, 0.3) is 0 Å². The van der Waals surface area contributed by atoms with Crippen LogP contribution in [0.25, 0.3) is 0 Å². The second-order valence-corrected chi connectivity index (χ2v) is 6.17. The van der Waals surface area contributed by atoms with Crippen molar-refractivity contribution in [1.29, 1.82) is 0 Å². The van der Waals surface area contributed by atoms with Gasteiger partial charge in [0.05, 0.1) is 12.8 Å². The number of oxime groups is 1. The molecular formula is C21H27N3O3. The van der Waals surface area contributed by atoms with E-state index in [2.05, 4.69) is 22.4 Å². The molecule has 0 aliphatic heterocycles. The van der Waals surface area contributed by atoms with Crippen LogP contribution in [0.2, 0.25) is 0 Å². The number of carbonyl (C=O) groups is 1. The van der Waals surface area contributed by atoms with E-state index < -0.39 is 6.09 Å². The number of hydrogen-bond acceptors (Lipinski definition) is 5. The molecule has 6 heteroatoms. The summed E-state index contributed by atoms with van der Waals surface area (Å²) in [5.41, 5.74) is 1.36. The van der Waals surface area contributed by atoms with Crippen molar-refractivity contribution in [3.63, 3.8) is 0 Å². The molecule has 1 amide bonds. The first-order valence-electron chi connectivity index (χ1n) is 9.42. The number of amides is 1. The Bertz CT molecular complexity index is 688. The van der Waals surface area contributed by atoms with Gasteiger partial charge in [-0.15, -0.1) is 0 Å². The zero-order valence-corrected chi connectivity index (χ0v) is 15.8. The third kappa shape index (κ3) is 8.85. The summed E-state index contributed by atoms with van der Waals surface area (Å²) in [6.07, 6.45) is 11.5. The largest absolute Gasteiger partial charge is 0.494 e. The van der Waals surface area contributed by atoms with Crippen molar-refractivity contribution in [3.05, 3.63) is 54.4 Å². The first-order chi connectivity index (χ1) is 13.3. The summed E-state index contributed by atoms with van der Waals surface area (Å²) in [5.74, 6) is 0.789. The number of nitrogens with zero attached hydrogens (tertiary/aromatic N) is 2. The third-order valence-corrected chi connectivity index (χ3v) is 3.89. The van der Waals surface area contributed by atoms with Crippen molar-refractivity contribution in [3.8, 4) is 5.75 Å². The molecule has 2 aromatic rings. The Hall–Kier alpha value is -2.89. The first-order valence-corrected chi connectivity index (χ1v) is 9.42. The van der Waals surface area contributed by atoms with Gasteiger partial charge < -0.3 is 4.74 Å². The molecule has 1 aromatic heterocycles. The highest BCUT2D eigenvalue weighted by Gasteiger charge is 2.03. The fraction of sp³-hybridized carbons (Fsp3) is 0.381. The molecule has 0 unspecified atom stereocenters. The number of benzene rings is 1. The maximum Gasteiger partial charge on any atom is 0.437 e. The summed E-state index contributed by atoms with van der Waals surface area (Å²) in [6.45, 7) is 2.93. The molecule has 0 atom stereocenters. The summed E-state index contributed by atoms with van der Waals surface area (Å²) < 4.78 is 5.71. The lowest BCUT2D eigenvalue weighted by Gasteiger charge is -2.07. The Balaban J connectivity index is 1.64. The average Bonchev–Trinajstić information content (AvgIpc) is 2.69. The van der Waals surface area contributed by atoms with Crippen molar-refractivity contribution in [2.75, 3.05) is 11.9 Å². The van der Waals surface area contributed by atoms with Crippen LogP contribution in [0.15, 0.2) is 53.9 Å². The number of ether oxygens (including phenoxy) is 1. The van der Waals surface area contributed by atoms with Crippen LogP contribution in [-0.2, 0) is 4.84 Å². The number of aromatic nitrogens is 1. The Morgan fingerprint density at radius 1 is 1.11 bits per heavy atom. The van der Waals surface area contributed by atoms with Crippen molar-refractivity contribution < 1.29 is 14.4 Å². The molecule has 0 spiro atoms. The highest BCUT2D eigenvalue weighted by atomic mass is 16.7. The number of anilines is 1. The number of hydrogen-bond donors (Lipinski definition) is 1. The third-order valence-electron chi connectivity index (χ3n) is 3.89. The van der Waals surface area contributed by atoms with Crippen LogP contribution in [0.5, 0.6) is 5.75 Å². The molecule has 0 saturated heterocycles. The predicted molar refractivity (Wildman–Crippen MR) is 107 cm³/mol. The van der Waals surface area contributed by atoms with Crippen molar-refractivity contribution in [1.82, 2.24) is 4.98 Å². The molecule has 0 aliphatic rings. The Kier molecular flexibility index (Phi) is 9.43. The molecule has 0 radical (unpaired) electrons. The van der Waals surface area contributed by atoms with Crippen molar-refractivity contribution in [2.45, 2.75) is 45.4 Å². The molecule has 2 rings (SSSR count). The predicted octanol–water partition coefficient (Wildman–Crippen LogP) is 5.40. The normalized spacial score (nSPS) is 10.7. The van der Waals surface area contributed by atoms with E-state index in [1.54, 1.807) is 30.6 Å². The number of carbonyl (C=O) groups excluding carboxylic acids is 1. The van der Waals surface area contributed by atoms with Crippen LogP contribution in [-0.4, -0.2) is 23.9 Å². The summed E-state index contributed by atoms with van der Waals surface area (Å²) in [5, 5.41) is 6.24. The summed E-state index contributed by atoms with van der Waals surface area (Å²) in [7, 11) is 0. The second-order valence-electron chi connectivity index (χ2n) is 6.17. The van der Waals surface area contributed by atoms with Gasteiger partial charge in [0.15, 0.2) is 0 Å². The van der Waals surface area contributed by atoms with Crippen LogP contribution in [0.1, 0.15) is 51.0 Å². The van der Waals surface area contributed by atoms with Gasteiger partial charge in [0.1, 0.15) is 5.75 Å². The lowest BCUT2D eigenvalue weighted by atomic mass is 10.1. The smallest absolute Gasteiger partial charge is 0.437 e. The van der Waals surface area contributed by atoms with Gasteiger partial charge in [0.2, 0.25) is 0 Å². The number of unbranched alkanes of at least 4 members (excludes halogenated alkanes) is 5. The molecule has 0 saturated carbocycles. The van der Waals surface area contributed by atoms with E-state index in [4.69, 9.17) is 9.57 Å². The Morgan fingerprint density at radius 2 is 1.89 bits per heavy atom. The zero-order valence-electron chi connectivity index (χ0n) is 15.8. The molecule has 6 nitrogen and oxygen atoms in total. The van der Waals surface area contributed by atoms with Gasteiger partial charge >= 0.3 is 6.09 Å². The minimum atomic E-state index is -0.657. The van der Waals surface area contributed by atoms with E-state index in [1.165, 1.54) is 38.3 Å². The SMILES string of the molecule is CCCCCCCCOc1ccc(NC(=O)ON=Cc2cccnc2)cc1. The topological polar surface area (TPSA) is 72.8 Å². The van der Waals surface area contributed by atoms with Crippen molar-refractivity contribution >= 4 is 18.0 Å².